The Hall–Kier alpha value is -1.43. The van der Waals surface area contributed by atoms with Crippen molar-refractivity contribution in [2.75, 3.05) is 19.6 Å². The first kappa shape index (κ1) is 15.9. The fourth-order valence-electron chi connectivity index (χ4n) is 2.65. The summed E-state index contributed by atoms with van der Waals surface area (Å²) in [6, 6.07) is 8.99. The van der Waals surface area contributed by atoms with E-state index in [1.165, 1.54) is 12.1 Å². The highest BCUT2D eigenvalue weighted by Gasteiger charge is 2.17. The van der Waals surface area contributed by atoms with E-state index >= 15 is 0 Å². The number of rotatable bonds is 3. The van der Waals surface area contributed by atoms with Crippen molar-refractivity contribution in [3.8, 4) is 5.69 Å². The summed E-state index contributed by atoms with van der Waals surface area (Å²) in [4.78, 5) is 2.41. The van der Waals surface area contributed by atoms with Crippen molar-refractivity contribution >= 4 is 12.4 Å². The van der Waals surface area contributed by atoms with E-state index in [9.17, 15) is 4.39 Å². The quantitative estimate of drug-likeness (QED) is 0.944. The fraction of sp³-hybridized carbons (Fsp3) is 0.400. The monoisotopic (exact) mass is 310 g/mol. The molecule has 1 saturated heterocycles. The Balaban J connectivity index is 0.00000161. The van der Waals surface area contributed by atoms with Crippen LogP contribution in [0.1, 0.15) is 12.6 Å². The normalized spacial score (nSPS) is 19.2. The van der Waals surface area contributed by atoms with Gasteiger partial charge in [0.05, 0.1) is 11.4 Å². The molecule has 114 valence electrons. The van der Waals surface area contributed by atoms with Gasteiger partial charge in [0, 0.05) is 38.4 Å². The van der Waals surface area contributed by atoms with E-state index in [0.717, 1.165) is 37.6 Å². The number of aromatic nitrogens is 2. The maximum absolute atomic E-state index is 13.0. The summed E-state index contributed by atoms with van der Waals surface area (Å²) in [7, 11) is 0. The molecule has 0 saturated carbocycles. The number of hydrogen-bond acceptors (Lipinski definition) is 3. The number of hydrogen-bond donors (Lipinski definition) is 1. The lowest BCUT2D eigenvalue weighted by Gasteiger charge is -2.31. The van der Waals surface area contributed by atoms with Gasteiger partial charge in [-0.3, -0.25) is 4.90 Å². The molecule has 1 aromatic heterocycles. The topological polar surface area (TPSA) is 33.1 Å². The molecule has 1 atom stereocenters. The van der Waals surface area contributed by atoms with Crippen LogP contribution in [0.3, 0.4) is 0 Å². The first-order valence-electron chi connectivity index (χ1n) is 6.97. The van der Waals surface area contributed by atoms with Gasteiger partial charge in [-0.1, -0.05) is 0 Å². The number of benzene rings is 1. The third-order valence-corrected chi connectivity index (χ3v) is 3.63. The second-order valence-electron chi connectivity index (χ2n) is 5.30. The van der Waals surface area contributed by atoms with E-state index in [4.69, 9.17) is 0 Å². The first-order valence-corrected chi connectivity index (χ1v) is 6.97. The third-order valence-electron chi connectivity index (χ3n) is 3.63. The van der Waals surface area contributed by atoms with Gasteiger partial charge in [0.25, 0.3) is 0 Å². The molecule has 4 nitrogen and oxygen atoms in total. The highest BCUT2D eigenvalue weighted by Crippen LogP contribution is 2.14. The van der Waals surface area contributed by atoms with Crippen LogP contribution in [-0.2, 0) is 6.54 Å². The van der Waals surface area contributed by atoms with E-state index in [-0.39, 0.29) is 18.2 Å². The Morgan fingerprint density at radius 3 is 2.76 bits per heavy atom. The maximum atomic E-state index is 13.0. The predicted molar refractivity (Wildman–Crippen MR) is 83.5 cm³/mol. The summed E-state index contributed by atoms with van der Waals surface area (Å²) < 4.78 is 14.9. The highest BCUT2D eigenvalue weighted by molar-refractivity contribution is 5.85. The van der Waals surface area contributed by atoms with Gasteiger partial charge < -0.3 is 5.32 Å². The highest BCUT2D eigenvalue weighted by atomic mass is 35.5. The van der Waals surface area contributed by atoms with E-state index in [1.54, 1.807) is 18.3 Å². The molecule has 0 radical (unpaired) electrons. The van der Waals surface area contributed by atoms with E-state index in [0.29, 0.717) is 6.04 Å². The molecule has 2 aromatic rings. The Kier molecular flexibility index (Phi) is 5.33. The number of nitrogens with one attached hydrogen (secondary N) is 1. The smallest absolute Gasteiger partial charge is 0.123 e. The molecule has 1 aliphatic heterocycles. The van der Waals surface area contributed by atoms with E-state index in [2.05, 4.69) is 22.2 Å². The molecule has 6 heteroatoms. The number of piperazine rings is 1. The van der Waals surface area contributed by atoms with Crippen LogP contribution >= 0.6 is 12.4 Å². The second-order valence-corrected chi connectivity index (χ2v) is 5.30. The minimum Gasteiger partial charge on any atom is -0.312 e. The number of nitrogens with zero attached hydrogens (tertiary/aromatic N) is 3. The molecule has 0 bridgehead atoms. The van der Waals surface area contributed by atoms with Crippen LogP contribution in [0.25, 0.3) is 5.69 Å². The zero-order valence-electron chi connectivity index (χ0n) is 12.0. The van der Waals surface area contributed by atoms with Crippen molar-refractivity contribution in [1.29, 1.82) is 0 Å². The second kappa shape index (κ2) is 7.02. The zero-order chi connectivity index (χ0) is 13.9. The van der Waals surface area contributed by atoms with Crippen molar-refractivity contribution < 1.29 is 4.39 Å². The lowest BCUT2D eigenvalue weighted by Crippen LogP contribution is -2.48. The van der Waals surface area contributed by atoms with Gasteiger partial charge in [0.1, 0.15) is 5.82 Å². The summed E-state index contributed by atoms with van der Waals surface area (Å²) in [5.74, 6) is -0.224. The minimum absolute atomic E-state index is 0. The molecule has 1 N–H and O–H groups in total. The summed E-state index contributed by atoms with van der Waals surface area (Å²) in [6.45, 7) is 6.16. The van der Waals surface area contributed by atoms with Crippen LogP contribution < -0.4 is 5.32 Å². The Morgan fingerprint density at radius 2 is 2.05 bits per heavy atom. The molecule has 0 amide bonds. The predicted octanol–water partition coefficient (Wildman–Crippen LogP) is 2.23. The van der Waals surface area contributed by atoms with Gasteiger partial charge in [-0.15, -0.1) is 12.4 Å². The first-order chi connectivity index (χ1) is 9.72. The number of halogens is 2. The van der Waals surface area contributed by atoms with Crippen LogP contribution in [-0.4, -0.2) is 40.4 Å². The van der Waals surface area contributed by atoms with Gasteiger partial charge in [0.2, 0.25) is 0 Å². The van der Waals surface area contributed by atoms with Crippen molar-refractivity contribution in [2.24, 2.45) is 0 Å². The van der Waals surface area contributed by atoms with Crippen molar-refractivity contribution in [3.05, 3.63) is 48.0 Å². The van der Waals surface area contributed by atoms with Gasteiger partial charge in [-0.05, 0) is 37.3 Å². The van der Waals surface area contributed by atoms with Crippen LogP contribution in [0.2, 0.25) is 0 Å². The van der Waals surface area contributed by atoms with E-state index in [1.807, 2.05) is 10.7 Å². The van der Waals surface area contributed by atoms with Crippen LogP contribution in [0.4, 0.5) is 4.39 Å². The summed E-state index contributed by atoms with van der Waals surface area (Å²) in [5, 5.41) is 7.79. The molecule has 1 aromatic carbocycles. The van der Waals surface area contributed by atoms with Crippen LogP contribution in [0.15, 0.2) is 36.5 Å². The lowest BCUT2D eigenvalue weighted by molar-refractivity contribution is 0.196. The van der Waals surface area contributed by atoms with Crippen molar-refractivity contribution in [3.63, 3.8) is 0 Å². The summed E-state index contributed by atoms with van der Waals surface area (Å²) in [6.07, 6.45) is 1.80. The Labute approximate surface area is 130 Å². The van der Waals surface area contributed by atoms with Gasteiger partial charge in [-0.2, -0.15) is 5.10 Å². The molecule has 1 unspecified atom stereocenters. The lowest BCUT2D eigenvalue weighted by atomic mass is 10.2. The molecule has 0 spiro atoms. The van der Waals surface area contributed by atoms with Gasteiger partial charge >= 0.3 is 0 Å². The van der Waals surface area contributed by atoms with Crippen molar-refractivity contribution in [2.45, 2.75) is 19.5 Å². The molecule has 3 rings (SSSR count). The summed E-state index contributed by atoms with van der Waals surface area (Å²) in [5.41, 5.74) is 2.03. The zero-order valence-corrected chi connectivity index (χ0v) is 12.8. The van der Waals surface area contributed by atoms with Gasteiger partial charge in [-0.25, -0.2) is 9.07 Å². The molecular formula is C15H20ClFN4. The average Bonchev–Trinajstić information content (AvgIpc) is 2.88. The van der Waals surface area contributed by atoms with Gasteiger partial charge in [0.15, 0.2) is 0 Å². The van der Waals surface area contributed by atoms with Crippen LogP contribution in [0, 0.1) is 5.82 Å². The third kappa shape index (κ3) is 3.81. The largest absolute Gasteiger partial charge is 0.312 e. The Bertz CT molecular complexity index is 569. The van der Waals surface area contributed by atoms with E-state index < -0.39 is 0 Å². The molecule has 2 heterocycles. The maximum Gasteiger partial charge on any atom is 0.123 e. The fourth-order valence-corrected chi connectivity index (χ4v) is 2.65. The van der Waals surface area contributed by atoms with Crippen LogP contribution in [0.5, 0.6) is 0 Å². The molecule has 0 aliphatic carbocycles. The molecule has 1 aliphatic rings. The van der Waals surface area contributed by atoms with Crippen molar-refractivity contribution in [1.82, 2.24) is 20.0 Å². The summed E-state index contributed by atoms with van der Waals surface area (Å²) >= 11 is 0. The molecule has 1 fully saturated rings. The Morgan fingerprint density at radius 1 is 1.29 bits per heavy atom. The minimum atomic E-state index is -0.224. The molecular weight excluding hydrogens is 291 g/mol. The standard InChI is InChI=1S/C15H19FN4.ClH/c1-12-10-19(9-8-17-12)11-15-6-7-18-20(15)14-4-2-13(16)3-5-14;/h2-7,12,17H,8-11H2,1H3;1H. The average molecular weight is 311 g/mol. The SMILES string of the molecule is CC1CN(Cc2ccnn2-c2ccc(F)cc2)CCN1.Cl. The molecule has 21 heavy (non-hydrogen) atoms.